The van der Waals surface area contributed by atoms with E-state index in [1.54, 1.807) is 7.05 Å². The van der Waals surface area contributed by atoms with Gasteiger partial charge in [0, 0.05) is 32.7 Å². The van der Waals surface area contributed by atoms with Gasteiger partial charge in [-0.3, -0.25) is 15.3 Å². The number of nitrogens with two attached hydrogens (primary N) is 1. The number of rotatable bonds is 3. The fraction of sp³-hybridized carbons (Fsp3) is 0.500. The number of hydrogen-bond acceptors (Lipinski definition) is 3. The Morgan fingerprint density at radius 1 is 1.32 bits per heavy atom. The molecule has 2 rings (SSSR count). The van der Waals surface area contributed by atoms with Crippen LogP contribution in [0.3, 0.4) is 0 Å². The molecule has 5 heteroatoms. The van der Waals surface area contributed by atoms with Crippen LogP contribution in [0.4, 0.5) is 0 Å². The lowest BCUT2D eigenvalue weighted by atomic mass is 10.0. The number of piperidine rings is 1. The number of guanidine groups is 1. The molecule has 0 atom stereocenters. The molecule has 19 heavy (non-hydrogen) atoms. The first-order valence-corrected chi connectivity index (χ1v) is 6.78. The fourth-order valence-electron chi connectivity index (χ4n) is 2.44. The van der Waals surface area contributed by atoms with Crippen molar-refractivity contribution in [3.63, 3.8) is 0 Å². The van der Waals surface area contributed by atoms with Gasteiger partial charge in [-0.1, -0.05) is 30.3 Å². The van der Waals surface area contributed by atoms with Crippen molar-refractivity contribution in [3.05, 3.63) is 35.9 Å². The summed E-state index contributed by atoms with van der Waals surface area (Å²) in [6, 6.07) is 11.1. The first-order valence-electron chi connectivity index (χ1n) is 6.78. The summed E-state index contributed by atoms with van der Waals surface area (Å²) in [5, 5.41) is 3.33. The minimum absolute atomic E-state index is 0.460. The predicted octanol–water partition coefficient (Wildman–Crippen LogP) is 0.690. The van der Waals surface area contributed by atoms with Crippen LogP contribution < -0.4 is 16.6 Å². The van der Waals surface area contributed by atoms with E-state index in [1.165, 1.54) is 5.56 Å². The van der Waals surface area contributed by atoms with Crippen LogP contribution in [0.15, 0.2) is 35.3 Å². The second-order valence-corrected chi connectivity index (χ2v) is 4.90. The van der Waals surface area contributed by atoms with Gasteiger partial charge in [0.05, 0.1) is 0 Å². The second-order valence-electron chi connectivity index (χ2n) is 4.90. The minimum atomic E-state index is 0.460. The highest BCUT2D eigenvalue weighted by Gasteiger charge is 2.19. The van der Waals surface area contributed by atoms with Crippen molar-refractivity contribution < 1.29 is 0 Å². The van der Waals surface area contributed by atoms with Gasteiger partial charge >= 0.3 is 0 Å². The Balaban J connectivity index is 1.76. The van der Waals surface area contributed by atoms with Crippen LogP contribution in [0, 0.1) is 0 Å². The number of nitrogens with one attached hydrogen (secondary N) is 2. The molecule has 0 spiro atoms. The van der Waals surface area contributed by atoms with E-state index >= 15 is 0 Å². The summed E-state index contributed by atoms with van der Waals surface area (Å²) in [6.45, 7) is 3.25. The smallest absolute Gasteiger partial charge is 0.205 e. The van der Waals surface area contributed by atoms with E-state index in [0.717, 1.165) is 32.5 Å². The van der Waals surface area contributed by atoms with E-state index in [0.29, 0.717) is 12.0 Å². The average Bonchev–Trinajstić information content (AvgIpc) is 2.47. The Bertz CT molecular complexity index is 396. The maximum Gasteiger partial charge on any atom is 0.205 e. The molecule has 5 nitrogen and oxygen atoms in total. The second kappa shape index (κ2) is 7.11. The van der Waals surface area contributed by atoms with Crippen LogP contribution >= 0.6 is 0 Å². The van der Waals surface area contributed by atoms with Crippen molar-refractivity contribution in [1.29, 1.82) is 0 Å². The summed E-state index contributed by atoms with van der Waals surface area (Å²) in [7, 11) is 1.73. The standard InChI is InChI=1S/C14H23N5/c1-16-14(18-15)17-13-7-9-19(10-8-13)11-12-5-3-2-4-6-12/h2-6,13H,7-11,15H2,1H3,(H2,16,17,18). The van der Waals surface area contributed by atoms with Gasteiger partial charge in [0.25, 0.3) is 0 Å². The lowest BCUT2D eigenvalue weighted by Gasteiger charge is -2.32. The van der Waals surface area contributed by atoms with Gasteiger partial charge in [0.15, 0.2) is 0 Å². The van der Waals surface area contributed by atoms with Crippen molar-refractivity contribution >= 4 is 5.96 Å². The zero-order valence-corrected chi connectivity index (χ0v) is 11.5. The Morgan fingerprint density at radius 3 is 2.58 bits per heavy atom. The molecule has 0 unspecified atom stereocenters. The van der Waals surface area contributed by atoms with Gasteiger partial charge in [-0.05, 0) is 18.4 Å². The van der Waals surface area contributed by atoms with E-state index in [-0.39, 0.29) is 0 Å². The van der Waals surface area contributed by atoms with Crippen LogP contribution in [0.25, 0.3) is 0 Å². The molecule has 4 N–H and O–H groups in total. The summed E-state index contributed by atoms with van der Waals surface area (Å²) in [5.41, 5.74) is 3.96. The molecule has 1 aliphatic heterocycles. The monoisotopic (exact) mass is 261 g/mol. The van der Waals surface area contributed by atoms with E-state index in [9.17, 15) is 0 Å². The molecule has 1 aliphatic rings. The maximum atomic E-state index is 5.38. The summed E-state index contributed by atoms with van der Waals surface area (Å²) < 4.78 is 0. The minimum Gasteiger partial charge on any atom is -0.353 e. The highest BCUT2D eigenvalue weighted by atomic mass is 15.3. The molecule has 1 aromatic rings. The van der Waals surface area contributed by atoms with Gasteiger partial charge in [-0.25, -0.2) is 5.84 Å². The lowest BCUT2D eigenvalue weighted by molar-refractivity contribution is 0.198. The van der Waals surface area contributed by atoms with Gasteiger partial charge in [0.2, 0.25) is 5.96 Å². The van der Waals surface area contributed by atoms with Gasteiger partial charge in [-0.15, -0.1) is 0 Å². The quantitative estimate of drug-likeness (QED) is 0.324. The molecular weight excluding hydrogens is 238 g/mol. The van der Waals surface area contributed by atoms with E-state index in [4.69, 9.17) is 5.84 Å². The topological polar surface area (TPSA) is 65.7 Å². The van der Waals surface area contributed by atoms with Crippen molar-refractivity contribution in [3.8, 4) is 0 Å². The third-order valence-corrected chi connectivity index (χ3v) is 3.54. The average molecular weight is 261 g/mol. The van der Waals surface area contributed by atoms with E-state index in [2.05, 4.69) is 51.0 Å². The first-order chi connectivity index (χ1) is 9.31. The van der Waals surface area contributed by atoms with Crippen LogP contribution in [0.1, 0.15) is 18.4 Å². The largest absolute Gasteiger partial charge is 0.353 e. The lowest BCUT2D eigenvalue weighted by Crippen LogP contribution is -2.50. The summed E-state index contributed by atoms with van der Waals surface area (Å²) in [4.78, 5) is 6.54. The van der Waals surface area contributed by atoms with E-state index in [1.807, 2.05) is 0 Å². The van der Waals surface area contributed by atoms with Crippen molar-refractivity contribution in [2.45, 2.75) is 25.4 Å². The van der Waals surface area contributed by atoms with Crippen LogP contribution in [-0.4, -0.2) is 37.0 Å². The predicted molar refractivity (Wildman–Crippen MR) is 78.6 cm³/mol. The van der Waals surface area contributed by atoms with Crippen molar-refractivity contribution in [2.75, 3.05) is 20.1 Å². The Labute approximate surface area is 114 Å². The van der Waals surface area contributed by atoms with E-state index < -0.39 is 0 Å². The summed E-state index contributed by atoms with van der Waals surface area (Å²) in [5.74, 6) is 6.04. The number of nitrogens with zero attached hydrogens (tertiary/aromatic N) is 2. The highest BCUT2D eigenvalue weighted by Crippen LogP contribution is 2.13. The van der Waals surface area contributed by atoms with Crippen LogP contribution in [0.5, 0.6) is 0 Å². The molecule has 1 aromatic carbocycles. The zero-order valence-electron chi connectivity index (χ0n) is 11.5. The first kappa shape index (κ1) is 13.8. The van der Waals surface area contributed by atoms with Crippen LogP contribution in [-0.2, 0) is 6.54 Å². The van der Waals surface area contributed by atoms with Crippen LogP contribution in [0.2, 0.25) is 0 Å². The number of aliphatic imine (C=N–C) groups is 1. The molecule has 104 valence electrons. The number of hydrazine groups is 1. The number of benzene rings is 1. The van der Waals surface area contributed by atoms with Gasteiger partial charge in [0.1, 0.15) is 0 Å². The Morgan fingerprint density at radius 2 is 2.00 bits per heavy atom. The number of likely N-dealkylation sites (tertiary alicyclic amines) is 1. The molecule has 0 radical (unpaired) electrons. The number of hydrogen-bond donors (Lipinski definition) is 3. The van der Waals surface area contributed by atoms with Crippen molar-refractivity contribution in [2.24, 2.45) is 10.8 Å². The molecule has 1 saturated heterocycles. The fourth-order valence-corrected chi connectivity index (χ4v) is 2.44. The molecule has 0 aromatic heterocycles. The third kappa shape index (κ3) is 4.22. The summed E-state index contributed by atoms with van der Waals surface area (Å²) in [6.07, 6.45) is 2.24. The SMILES string of the molecule is CN=C(NN)NC1CCN(Cc2ccccc2)CC1. The molecule has 1 heterocycles. The Hall–Kier alpha value is -1.59. The van der Waals surface area contributed by atoms with Gasteiger partial charge in [-0.2, -0.15) is 0 Å². The molecule has 0 amide bonds. The molecule has 1 fully saturated rings. The normalized spacial score (nSPS) is 18.3. The third-order valence-electron chi connectivity index (χ3n) is 3.54. The Kier molecular flexibility index (Phi) is 5.18. The van der Waals surface area contributed by atoms with Crippen molar-refractivity contribution in [1.82, 2.24) is 15.6 Å². The highest BCUT2D eigenvalue weighted by molar-refractivity contribution is 5.79. The molecule has 0 aliphatic carbocycles. The molecule has 0 saturated carbocycles. The van der Waals surface area contributed by atoms with Gasteiger partial charge < -0.3 is 5.32 Å². The zero-order chi connectivity index (χ0) is 13.5. The molecule has 0 bridgehead atoms. The molecular formula is C14H23N5. The summed E-state index contributed by atoms with van der Waals surface area (Å²) >= 11 is 0. The maximum absolute atomic E-state index is 5.38.